The van der Waals surface area contributed by atoms with Crippen LogP contribution < -0.4 is 21.3 Å². The molecule has 192 valence electrons. The Morgan fingerprint density at radius 3 is 1.92 bits per heavy atom. The molecular formula is C31H30N4O3. The van der Waals surface area contributed by atoms with E-state index in [9.17, 15) is 14.4 Å². The van der Waals surface area contributed by atoms with Crippen molar-refractivity contribution in [1.82, 2.24) is 5.32 Å². The minimum Gasteiger partial charge on any atom is -0.376 e. The first-order valence-electron chi connectivity index (χ1n) is 12.4. The van der Waals surface area contributed by atoms with Crippen molar-refractivity contribution in [2.24, 2.45) is 0 Å². The Balaban J connectivity index is 1.23. The lowest BCUT2D eigenvalue weighted by molar-refractivity contribution is -0.116. The lowest BCUT2D eigenvalue weighted by Gasteiger charge is -2.11. The van der Waals surface area contributed by atoms with Gasteiger partial charge in [-0.05, 0) is 53.9 Å². The second-order valence-corrected chi connectivity index (χ2v) is 8.77. The van der Waals surface area contributed by atoms with Crippen LogP contribution in [-0.4, -0.2) is 24.3 Å². The molecule has 4 aromatic carbocycles. The molecule has 0 aliphatic heterocycles. The van der Waals surface area contributed by atoms with Crippen LogP contribution in [0.1, 0.15) is 27.9 Å². The molecular weight excluding hydrogens is 476 g/mol. The van der Waals surface area contributed by atoms with E-state index in [1.165, 1.54) is 0 Å². The summed E-state index contributed by atoms with van der Waals surface area (Å²) in [5, 5.41) is 11.7. The molecule has 4 N–H and O–H groups in total. The first-order chi connectivity index (χ1) is 18.5. The molecule has 0 aliphatic rings. The van der Waals surface area contributed by atoms with E-state index < -0.39 is 0 Å². The van der Waals surface area contributed by atoms with Crippen molar-refractivity contribution in [2.45, 2.75) is 19.4 Å². The molecule has 7 nitrogen and oxygen atoms in total. The third kappa shape index (κ3) is 8.34. The summed E-state index contributed by atoms with van der Waals surface area (Å²) in [6.07, 6.45) is 1.05. The van der Waals surface area contributed by atoms with Crippen LogP contribution in [-0.2, 0) is 22.6 Å². The Hall–Kier alpha value is -4.91. The third-order valence-corrected chi connectivity index (χ3v) is 5.79. The molecule has 0 unspecified atom stereocenters. The van der Waals surface area contributed by atoms with Crippen LogP contribution in [0.25, 0.3) is 0 Å². The molecule has 0 radical (unpaired) electrons. The molecule has 3 amide bonds. The number of aryl methyl sites for hydroxylation is 1. The number of hydrogen-bond acceptors (Lipinski definition) is 4. The monoisotopic (exact) mass is 506 g/mol. The summed E-state index contributed by atoms with van der Waals surface area (Å²) in [7, 11) is 0. The van der Waals surface area contributed by atoms with E-state index in [4.69, 9.17) is 0 Å². The standard InChI is InChI=1S/C31H30N4O3/c36-29(18-17-23-9-3-1-4-10-23)34-28-16-8-14-26(20-28)32-22-30(37)35-27-15-7-13-25(19-27)31(38)33-21-24-11-5-2-6-12-24/h1-16,19-20,32H,17-18,21-22H2,(H,33,38)(H,34,36)(H,35,37). The predicted molar refractivity (Wildman–Crippen MR) is 151 cm³/mol. The Kier molecular flexibility index (Phi) is 9.23. The summed E-state index contributed by atoms with van der Waals surface area (Å²) >= 11 is 0. The summed E-state index contributed by atoms with van der Waals surface area (Å²) in [5.41, 5.74) is 4.47. The highest BCUT2D eigenvalue weighted by Gasteiger charge is 2.09. The third-order valence-electron chi connectivity index (χ3n) is 5.79. The van der Waals surface area contributed by atoms with Gasteiger partial charge in [0.1, 0.15) is 0 Å². The van der Waals surface area contributed by atoms with Gasteiger partial charge in [-0.2, -0.15) is 0 Å². The summed E-state index contributed by atoms with van der Waals surface area (Å²) < 4.78 is 0. The number of carbonyl (C=O) groups is 3. The zero-order chi connectivity index (χ0) is 26.6. The summed E-state index contributed by atoms with van der Waals surface area (Å²) in [4.78, 5) is 37.4. The van der Waals surface area contributed by atoms with Crippen molar-refractivity contribution in [3.05, 3.63) is 126 Å². The molecule has 0 aliphatic carbocycles. The fourth-order valence-corrected chi connectivity index (χ4v) is 3.84. The van der Waals surface area contributed by atoms with Crippen molar-refractivity contribution in [3.63, 3.8) is 0 Å². The maximum absolute atomic E-state index is 12.5. The highest BCUT2D eigenvalue weighted by Crippen LogP contribution is 2.16. The summed E-state index contributed by atoms with van der Waals surface area (Å²) in [6, 6.07) is 33.6. The summed E-state index contributed by atoms with van der Waals surface area (Å²) in [5.74, 6) is -0.550. The van der Waals surface area contributed by atoms with Crippen LogP contribution in [0.3, 0.4) is 0 Å². The minimum atomic E-state index is -0.260. The molecule has 0 bridgehead atoms. The number of amides is 3. The SMILES string of the molecule is O=C(CCc1ccccc1)Nc1cccc(NCC(=O)Nc2cccc(C(=O)NCc3ccccc3)c2)c1. The van der Waals surface area contributed by atoms with Crippen molar-refractivity contribution in [1.29, 1.82) is 0 Å². The average Bonchev–Trinajstić information content (AvgIpc) is 2.95. The number of carbonyl (C=O) groups excluding carboxylic acids is 3. The molecule has 0 heterocycles. The average molecular weight is 507 g/mol. The quantitative estimate of drug-likeness (QED) is 0.224. The van der Waals surface area contributed by atoms with Gasteiger partial charge in [-0.25, -0.2) is 0 Å². The van der Waals surface area contributed by atoms with E-state index in [0.29, 0.717) is 42.0 Å². The van der Waals surface area contributed by atoms with Gasteiger partial charge < -0.3 is 21.3 Å². The van der Waals surface area contributed by atoms with Crippen molar-refractivity contribution >= 4 is 34.8 Å². The van der Waals surface area contributed by atoms with E-state index in [1.807, 2.05) is 72.8 Å². The molecule has 0 saturated heterocycles. The highest BCUT2D eigenvalue weighted by atomic mass is 16.2. The first-order valence-corrected chi connectivity index (χ1v) is 12.4. The van der Waals surface area contributed by atoms with Crippen LogP contribution in [0.15, 0.2) is 109 Å². The molecule has 4 rings (SSSR count). The zero-order valence-corrected chi connectivity index (χ0v) is 20.9. The van der Waals surface area contributed by atoms with Gasteiger partial charge in [-0.15, -0.1) is 0 Å². The molecule has 38 heavy (non-hydrogen) atoms. The van der Waals surface area contributed by atoms with Crippen LogP contribution in [0, 0.1) is 0 Å². The number of hydrogen-bond donors (Lipinski definition) is 4. The van der Waals surface area contributed by atoms with Gasteiger partial charge >= 0.3 is 0 Å². The smallest absolute Gasteiger partial charge is 0.251 e. The number of nitrogens with one attached hydrogen (secondary N) is 4. The highest BCUT2D eigenvalue weighted by molar-refractivity contribution is 5.98. The van der Waals surface area contributed by atoms with Crippen LogP contribution in [0.2, 0.25) is 0 Å². The summed E-state index contributed by atoms with van der Waals surface area (Å²) in [6.45, 7) is 0.447. The fraction of sp³-hybridized carbons (Fsp3) is 0.129. The maximum Gasteiger partial charge on any atom is 0.251 e. The number of benzene rings is 4. The van der Waals surface area contributed by atoms with Crippen LogP contribution in [0.4, 0.5) is 17.1 Å². The topological polar surface area (TPSA) is 99.3 Å². The van der Waals surface area contributed by atoms with Crippen LogP contribution >= 0.6 is 0 Å². The lowest BCUT2D eigenvalue weighted by atomic mass is 10.1. The normalized spacial score (nSPS) is 10.3. The van der Waals surface area contributed by atoms with E-state index >= 15 is 0 Å². The second kappa shape index (κ2) is 13.4. The molecule has 0 aromatic heterocycles. The second-order valence-electron chi connectivity index (χ2n) is 8.77. The Bertz CT molecular complexity index is 1370. The Morgan fingerprint density at radius 1 is 0.579 bits per heavy atom. The predicted octanol–water partition coefficient (Wildman–Crippen LogP) is 5.24. The fourth-order valence-electron chi connectivity index (χ4n) is 3.84. The molecule has 0 saturated carbocycles. The van der Waals surface area contributed by atoms with Gasteiger partial charge in [0.25, 0.3) is 5.91 Å². The van der Waals surface area contributed by atoms with Crippen molar-refractivity contribution in [3.8, 4) is 0 Å². The van der Waals surface area contributed by atoms with Crippen LogP contribution in [0.5, 0.6) is 0 Å². The number of anilines is 3. The van der Waals surface area contributed by atoms with Gasteiger partial charge in [0.05, 0.1) is 6.54 Å². The molecule has 0 spiro atoms. The molecule has 0 fully saturated rings. The van der Waals surface area contributed by atoms with Gasteiger partial charge in [0.15, 0.2) is 0 Å². The van der Waals surface area contributed by atoms with Gasteiger partial charge in [0.2, 0.25) is 11.8 Å². The van der Waals surface area contributed by atoms with Crippen molar-refractivity contribution in [2.75, 3.05) is 22.5 Å². The lowest BCUT2D eigenvalue weighted by Crippen LogP contribution is -2.24. The molecule has 4 aromatic rings. The van der Waals surface area contributed by atoms with Crippen molar-refractivity contribution < 1.29 is 14.4 Å². The molecule has 7 heteroatoms. The first kappa shape index (κ1) is 26.2. The Morgan fingerprint density at radius 2 is 1.18 bits per heavy atom. The van der Waals surface area contributed by atoms with Gasteiger partial charge in [-0.3, -0.25) is 14.4 Å². The van der Waals surface area contributed by atoms with E-state index in [-0.39, 0.29) is 24.3 Å². The van der Waals surface area contributed by atoms with E-state index in [0.717, 1.165) is 11.1 Å². The minimum absolute atomic E-state index is 0.0236. The zero-order valence-electron chi connectivity index (χ0n) is 20.9. The largest absolute Gasteiger partial charge is 0.376 e. The molecule has 0 atom stereocenters. The van der Waals surface area contributed by atoms with E-state index in [1.54, 1.807) is 36.4 Å². The maximum atomic E-state index is 12.5. The Labute approximate surface area is 222 Å². The van der Waals surface area contributed by atoms with Gasteiger partial charge in [-0.1, -0.05) is 72.8 Å². The van der Waals surface area contributed by atoms with E-state index in [2.05, 4.69) is 21.3 Å². The van der Waals surface area contributed by atoms with Gasteiger partial charge in [0, 0.05) is 35.6 Å². The number of rotatable bonds is 11.